The molecule has 2 aliphatic heterocycles. The van der Waals surface area contributed by atoms with Crippen molar-refractivity contribution < 1.29 is 33.5 Å². The number of benzene rings is 2. The molecule has 11 nitrogen and oxygen atoms in total. The molecule has 0 aliphatic carbocycles. The van der Waals surface area contributed by atoms with Crippen molar-refractivity contribution in [3.8, 4) is 11.5 Å². The van der Waals surface area contributed by atoms with Crippen molar-refractivity contribution in [2.24, 2.45) is 0 Å². The van der Waals surface area contributed by atoms with Gasteiger partial charge in [0, 0.05) is 35.7 Å². The SMILES string of the molecule is COc1ccc2c(c1)OCN(C[C@@]1(c3cc4cc(C(=O)NO)ccc4o3)NC(=O)NC1=O)C2. The fraction of sp³-hybridized carbons (Fsp3) is 0.227. The van der Waals surface area contributed by atoms with Gasteiger partial charge in [-0.3, -0.25) is 25.0 Å². The minimum absolute atomic E-state index is 0.0832. The predicted octanol–water partition coefficient (Wildman–Crippen LogP) is 1.45. The van der Waals surface area contributed by atoms with Crippen LogP contribution in [0.15, 0.2) is 46.9 Å². The molecule has 0 radical (unpaired) electrons. The molecular formula is C22H20N4O7. The Morgan fingerprint density at radius 1 is 1.24 bits per heavy atom. The normalized spacial score (nSPS) is 20.1. The molecule has 0 unspecified atom stereocenters. The maximum Gasteiger partial charge on any atom is 0.322 e. The van der Waals surface area contributed by atoms with E-state index in [0.29, 0.717) is 29.0 Å². The van der Waals surface area contributed by atoms with E-state index in [2.05, 4.69) is 10.6 Å². The molecule has 1 saturated heterocycles. The number of methoxy groups -OCH3 is 1. The van der Waals surface area contributed by atoms with Gasteiger partial charge in [0.05, 0.1) is 7.11 Å². The van der Waals surface area contributed by atoms with Gasteiger partial charge in [0.15, 0.2) is 5.54 Å². The van der Waals surface area contributed by atoms with Crippen LogP contribution in [-0.4, -0.2) is 48.3 Å². The number of hydroxylamine groups is 1. The number of carbonyl (C=O) groups is 3. The van der Waals surface area contributed by atoms with Crippen molar-refractivity contribution in [1.29, 1.82) is 0 Å². The zero-order valence-electron chi connectivity index (χ0n) is 17.5. The lowest BCUT2D eigenvalue weighted by molar-refractivity contribution is -0.126. The Labute approximate surface area is 187 Å². The number of ether oxygens (including phenoxy) is 2. The Hall–Kier alpha value is -4.09. The molecule has 0 bridgehead atoms. The summed E-state index contributed by atoms with van der Waals surface area (Å²) in [4.78, 5) is 38.7. The molecule has 33 heavy (non-hydrogen) atoms. The highest BCUT2D eigenvalue weighted by atomic mass is 16.5. The van der Waals surface area contributed by atoms with Crippen molar-refractivity contribution >= 4 is 28.8 Å². The van der Waals surface area contributed by atoms with Gasteiger partial charge in [-0.1, -0.05) is 6.07 Å². The molecule has 2 aliphatic rings. The van der Waals surface area contributed by atoms with Crippen LogP contribution in [0.5, 0.6) is 11.5 Å². The van der Waals surface area contributed by atoms with Crippen LogP contribution in [0.2, 0.25) is 0 Å². The molecule has 1 aromatic heterocycles. The average Bonchev–Trinajstić information content (AvgIpc) is 3.38. The minimum Gasteiger partial charge on any atom is -0.497 e. The summed E-state index contributed by atoms with van der Waals surface area (Å²) in [6, 6.07) is 11.0. The second-order valence-electron chi connectivity index (χ2n) is 7.85. The van der Waals surface area contributed by atoms with Crippen LogP contribution in [0.3, 0.4) is 0 Å². The molecule has 170 valence electrons. The monoisotopic (exact) mass is 452 g/mol. The Morgan fingerprint density at radius 2 is 2.09 bits per heavy atom. The fourth-order valence-corrected chi connectivity index (χ4v) is 4.13. The number of hydrogen-bond acceptors (Lipinski definition) is 8. The van der Waals surface area contributed by atoms with Crippen molar-refractivity contribution in [2.75, 3.05) is 20.4 Å². The summed E-state index contributed by atoms with van der Waals surface area (Å²) in [5.41, 5.74) is 1.62. The van der Waals surface area contributed by atoms with E-state index in [-0.39, 0.29) is 24.6 Å². The number of fused-ring (bicyclic) bond motifs is 2. The van der Waals surface area contributed by atoms with Gasteiger partial charge in [0.25, 0.3) is 11.8 Å². The Balaban J connectivity index is 1.48. The van der Waals surface area contributed by atoms with Crippen LogP contribution in [0.4, 0.5) is 4.79 Å². The van der Waals surface area contributed by atoms with Crippen LogP contribution in [-0.2, 0) is 16.9 Å². The third-order valence-corrected chi connectivity index (χ3v) is 5.77. The van der Waals surface area contributed by atoms with Crippen LogP contribution >= 0.6 is 0 Å². The first-order valence-corrected chi connectivity index (χ1v) is 10.1. The van der Waals surface area contributed by atoms with Gasteiger partial charge in [-0.05, 0) is 30.3 Å². The molecule has 2 aromatic carbocycles. The standard InChI is InChI=1S/C22H20N4O7/c1-31-15-4-2-13-9-26(11-32-17(13)8-15)10-22(20(28)23-21(29)24-22)18-7-14-6-12(19(27)25-30)3-5-16(14)33-18/h2-8,30H,9-11H2,1H3,(H,25,27)(H2,23,24,28,29)/t22-/m0/s1. The van der Waals surface area contributed by atoms with E-state index in [0.717, 1.165) is 5.56 Å². The van der Waals surface area contributed by atoms with Gasteiger partial charge >= 0.3 is 6.03 Å². The number of rotatable bonds is 5. The highest BCUT2D eigenvalue weighted by molar-refractivity contribution is 6.07. The maximum atomic E-state index is 13.0. The van der Waals surface area contributed by atoms with E-state index in [9.17, 15) is 14.4 Å². The zero-order chi connectivity index (χ0) is 23.2. The number of nitrogens with one attached hydrogen (secondary N) is 3. The maximum absolute atomic E-state index is 13.0. The molecule has 0 spiro atoms. The Morgan fingerprint density at radius 3 is 2.82 bits per heavy atom. The predicted molar refractivity (Wildman–Crippen MR) is 113 cm³/mol. The highest BCUT2D eigenvalue weighted by Crippen LogP contribution is 2.35. The van der Waals surface area contributed by atoms with Crippen LogP contribution in [0.1, 0.15) is 21.7 Å². The van der Waals surface area contributed by atoms with E-state index in [1.54, 1.807) is 30.8 Å². The first-order valence-electron chi connectivity index (χ1n) is 10.1. The lowest BCUT2D eigenvalue weighted by Gasteiger charge is -2.34. The number of furan rings is 1. The number of carbonyl (C=O) groups excluding carboxylic acids is 3. The minimum atomic E-state index is -1.50. The van der Waals surface area contributed by atoms with Crippen molar-refractivity contribution in [3.63, 3.8) is 0 Å². The van der Waals surface area contributed by atoms with E-state index in [1.165, 1.54) is 12.1 Å². The summed E-state index contributed by atoms with van der Waals surface area (Å²) in [6.45, 7) is 0.747. The number of hydrogen-bond donors (Lipinski definition) is 4. The molecule has 4 amide bonds. The van der Waals surface area contributed by atoms with Crippen molar-refractivity contribution in [3.05, 3.63) is 59.4 Å². The average molecular weight is 452 g/mol. The number of amides is 4. The Kier molecular flexibility index (Phi) is 4.91. The van der Waals surface area contributed by atoms with Crippen LogP contribution < -0.4 is 25.6 Å². The zero-order valence-corrected chi connectivity index (χ0v) is 17.5. The molecule has 11 heteroatoms. The van der Waals surface area contributed by atoms with E-state index < -0.39 is 23.4 Å². The highest BCUT2D eigenvalue weighted by Gasteiger charge is 2.51. The van der Waals surface area contributed by atoms with Gasteiger partial charge in [-0.2, -0.15) is 0 Å². The van der Waals surface area contributed by atoms with Gasteiger partial charge in [-0.25, -0.2) is 10.3 Å². The molecule has 4 N–H and O–H groups in total. The molecule has 5 rings (SSSR count). The molecular weight excluding hydrogens is 432 g/mol. The van der Waals surface area contributed by atoms with Gasteiger partial charge in [0.2, 0.25) is 0 Å². The second-order valence-corrected chi connectivity index (χ2v) is 7.85. The van der Waals surface area contributed by atoms with E-state index in [4.69, 9.17) is 19.1 Å². The summed E-state index contributed by atoms with van der Waals surface area (Å²) in [6.07, 6.45) is 0. The van der Waals surface area contributed by atoms with Crippen molar-refractivity contribution in [1.82, 2.24) is 21.0 Å². The quantitative estimate of drug-likeness (QED) is 0.259. The summed E-state index contributed by atoms with van der Waals surface area (Å²) < 4.78 is 17.0. The van der Waals surface area contributed by atoms with Gasteiger partial charge < -0.3 is 19.2 Å². The molecule has 3 aromatic rings. The first-order chi connectivity index (χ1) is 15.9. The second kappa shape index (κ2) is 7.80. The van der Waals surface area contributed by atoms with Gasteiger partial charge in [-0.15, -0.1) is 0 Å². The lowest BCUT2D eigenvalue weighted by atomic mass is 9.94. The summed E-state index contributed by atoms with van der Waals surface area (Å²) in [5, 5.41) is 14.4. The van der Waals surface area contributed by atoms with Crippen molar-refractivity contribution in [2.45, 2.75) is 12.1 Å². The van der Waals surface area contributed by atoms with Gasteiger partial charge in [0.1, 0.15) is 29.6 Å². The summed E-state index contributed by atoms with van der Waals surface area (Å²) >= 11 is 0. The largest absolute Gasteiger partial charge is 0.497 e. The summed E-state index contributed by atoms with van der Waals surface area (Å²) in [7, 11) is 1.58. The lowest BCUT2D eigenvalue weighted by Crippen LogP contribution is -2.53. The molecule has 0 saturated carbocycles. The summed E-state index contributed by atoms with van der Waals surface area (Å²) in [5.74, 6) is 0.348. The first kappa shape index (κ1) is 20.8. The number of nitrogens with zero attached hydrogens (tertiary/aromatic N) is 1. The smallest absolute Gasteiger partial charge is 0.322 e. The van der Waals surface area contributed by atoms with E-state index in [1.807, 2.05) is 17.0 Å². The van der Waals surface area contributed by atoms with E-state index >= 15 is 0 Å². The third kappa shape index (κ3) is 3.52. The fourth-order valence-electron chi connectivity index (χ4n) is 4.13. The molecule has 3 heterocycles. The Bertz CT molecular complexity index is 1290. The number of urea groups is 1. The van der Waals surface area contributed by atoms with Crippen LogP contribution in [0, 0.1) is 0 Å². The molecule has 1 atom stereocenters. The van der Waals surface area contributed by atoms with Crippen LogP contribution in [0.25, 0.3) is 11.0 Å². The molecule has 1 fully saturated rings. The third-order valence-electron chi connectivity index (χ3n) is 5.77. The number of imide groups is 1. The topological polar surface area (TPSA) is 142 Å².